The Morgan fingerprint density at radius 1 is 0.929 bits per heavy atom. The molecule has 8 nitrogen and oxygen atoms in total. The third-order valence-electron chi connectivity index (χ3n) is 7.81. The van der Waals surface area contributed by atoms with Gasteiger partial charge in [-0.15, -0.1) is 0 Å². The van der Waals surface area contributed by atoms with Gasteiger partial charge in [-0.1, -0.05) is 12.1 Å². The van der Waals surface area contributed by atoms with Gasteiger partial charge in [0, 0.05) is 46.6 Å². The molecule has 0 unspecified atom stereocenters. The summed E-state index contributed by atoms with van der Waals surface area (Å²) in [4.78, 5) is 10.9. The molecule has 2 aromatic heterocycles. The van der Waals surface area contributed by atoms with E-state index in [1.807, 2.05) is 6.07 Å². The van der Waals surface area contributed by atoms with E-state index in [4.69, 9.17) is 0 Å². The molecule has 0 radical (unpaired) electrons. The molecule has 3 aromatic carbocycles. The van der Waals surface area contributed by atoms with Crippen LogP contribution in [0, 0.1) is 18.7 Å². The summed E-state index contributed by atoms with van der Waals surface area (Å²) < 4.78 is 44.4. The second-order valence-electron chi connectivity index (χ2n) is 11.0. The summed E-state index contributed by atoms with van der Waals surface area (Å²) >= 11 is 0. The molecule has 0 spiro atoms. The Morgan fingerprint density at radius 3 is 2.45 bits per heavy atom. The van der Waals surface area contributed by atoms with E-state index in [0.29, 0.717) is 28.7 Å². The number of piperidine rings is 1. The fourth-order valence-electron chi connectivity index (χ4n) is 5.43. The van der Waals surface area contributed by atoms with Crippen molar-refractivity contribution in [3.05, 3.63) is 96.7 Å². The summed E-state index contributed by atoms with van der Waals surface area (Å²) in [6, 6.07) is 21.2. The number of hydrogen-bond acceptors (Lipinski definition) is 6. The molecule has 1 aliphatic heterocycles. The standard InChI is InChI=1S/C32H33FN6O2S/c1-22-3-10-31(28(33)17-22)42(40,41)37-27-7-5-26(6-8-27)36-32-19-29(34-21-35-32)24-4-9-30-25(18-24)13-16-39(30)20-23-11-14-38(2)15-12-23/h3-10,13,16-19,21,23,37H,11-12,14-15,20H2,1-2H3,(H,34,35,36). The van der Waals surface area contributed by atoms with Crippen LogP contribution in [0.2, 0.25) is 0 Å². The molecule has 3 heterocycles. The molecule has 42 heavy (non-hydrogen) atoms. The summed E-state index contributed by atoms with van der Waals surface area (Å²) in [7, 11) is -1.87. The number of fused-ring (bicyclic) bond motifs is 1. The van der Waals surface area contributed by atoms with Crippen molar-refractivity contribution in [2.45, 2.75) is 31.2 Å². The maximum atomic E-state index is 14.2. The van der Waals surface area contributed by atoms with Crippen molar-refractivity contribution < 1.29 is 12.8 Å². The van der Waals surface area contributed by atoms with E-state index >= 15 is 0 Å². The fraction of sp³-hybridized carbons (Fsp3) is 0.250. The van der Waals surface area contributed by atoms with Gasteiger partial charge in [-0.3, -0.25) is 4.72 Å². The van der Waals surface area contributed by atoms with Gasteiger partial charge in [0.1, 0.15) is 22.9 Å². The summed E-state index contributed by atoms with van der Waals surface area (Å²) in [5.41, 5.74) is 4.70. The van der Waals surface area contributed by atoms with E-state index in [0.717, 1.165) is 30.9 Å². The average molecular weight is 585 g/mol. The largest absolute Gasteiger partial charge is 0.347 e. The molecule has 0 saturated carbocycles. The first kappa shape index (κ1) is 27.9. The lowest BCUT2D eigenvalue weighted by Crippen LogP contribution is -2.31. The number of aryl methyl sites for hydroxylation is 1. The van der Waals surface area contributed by atoms with E-state index in [2.05, 4.69) is 67.0 Å². The Kier molecular flexibility index (Phi) is 7.66. The van der Waals surface area contributed by atoms with Crippen LogP contribution in [-0.4, -0.2) is 48.0 Å². The van der Waals surface area contributed by atoms with E-state index in [9.17, 15) is 12.8 Å². The highest BCUT2D eigenvalue weighted by Gasteiger charge is 2.20. The first-order valence-corrected chi connectivity index (χ1v) is 15.5. The van der Waals surface area contributed by atoms with Crippen LogP contribution in [0.25, 0.3) is 22.2 Å². The highest BCUT2D eigenvalue weighted by atomic mass is 32.2. The molecule has 0 bridgehead atoms. The number of halogens is 1. The lowest BCUT2D eigenvalue weighted by atomic mass is 9.97. The molecule has 0 amide bonds. The van der Waals surface area contributed by atoms with Crippen LogP contribution in [0.15, 0.2) is 90.2 Å². The molecule has 216 valence electrons. The number of rotatable bonds is 8. The van der Waals surface area contributed by atoms with E-state index in [1.54, 1.807) is 37.3 Å². The highest BCUT2D eigenvalue weighted by Crippen LogP contribution is 2.28. The molecular weight excluding hydrogens is 551 g/mol. The maximum absolute atomic E-state index is 14.2. The molecular formula is C32H33FN6O2S. The van der Waals surface area contributed by atoms with Crippen LogP contribution in [0.1, 0.15) is 18.4 Å². The van der Waals surface area contributed by atoms with Crippen LogP contribution in [0.3, 0.4) is 0 Å². The van der Waals surface area contributed by atoms with Crippen LogP contribution >= 0.6 is 0 Å². The molecule has 2 N–H and O–H groups in total. The summed E-state index contributed by atoms with van der Waals surface area (Å²) in [6.07, 6.45) is 6.17. The lowest BCUT2D eigenvalue weighted by molar-refractivity contribution is 0.206. The third kappa shape index (κ3) is 6.14. The van der Waals surface area contributed by atoms with Gasteiger partial charge in [0.05, 0.1) is 5.69 Å². The van der Waals surface area contributed by atoms with Gasteiger partial charge in [0.15, 0.2) is 0 Å². The van der Waals surface area contributed by atoms with Gasteiger partial charge in [-0.2, -0.15) is 0 Å². The van der Waals surface area contributed by atoms with Crippen molar-refractivity contribution in [3.63, 3.8) is 0 Å². The van der Waals surface area contributed by atoms with Crippen molar-refractivity contribution in [1.82, 2.24) is 19.4 Å². The van der Waals surface area contributed by atoms with Gasteiger partial charge in [-0.05, 0) is 106 Å². The quantitative estimate of drug-likeness (QED) is 0.218. The first-order valence-electron chi connectivity index (χ1n) is 14.0. The predicted octanol–water partition coefficient (Wildman–Crippen LogP) is 6.43. The topological polar surface area (TPSA) is 92.2 Å². The zero-order chi connectivity index (χ0) is 29.3. The highest BCUT2D eigenvalue weighted by molar-refractivity contribution is 7.92. The second-order valence-corrected chi connectivity index (χ2v) is 12.7. The number of aromatic nitrogens is 3. The lowest BCUT2D eigenvalue weighted by Gasteiger charge is -2.29. The molecule has 6 rings (SSSR count). The third-order valence-corrected chi connectivity index (χ3v) is 9.23. The average Bonchev–Trinajstić information content (AvgIpc) is 3.37. The van der Waals surface area contributed by atoms with E-state index < -0.39 is 20.7 Å². The van der Waals surface area contributed by atoms with Gasteiger partial charge < -0.3 is 14.8 Å². The Balaban J connectivity index is 1.13. The number of hydrogen-bond donors (Lipinski definition) is 2. The number of nitrogens with zero attached hydrogens (tertiary/aromatic N) is 4. The number of likely N-dealkylation sites (tertiary alicyclic amines) is 1. The van der Waals surface area contributed by atoms with Crippen molar-refractivity contribution in [3.8, 4) is 11.3 Å². The number of benzene rings is 3. The molecule has 10 heteroatoms. The first-order chi connectivity index (χ1) is 20.2. The van der Waals surface area contributed by atoms with E-state index in [-0.39, 0.29) is 0 Å². The Bertz CT molecular complexity index is 1830. The Hall–Kier alpha value is -4.28. The van der Waals surface area contributed by atoms with Crippen molar-refractivity contribution >= 4 is 38.1 Å². The van der Waals surface area contributed by atoms with Gasteiger partial charge >= 0.3 is 0 Å². The van der Waals surface area contributed by atoms with Crippen molar-refractivity contribution in [1.29, 1.82) is 0 Å². The minimum atomic E-state index is -4.06. The summed E-state index contributed by atoms with van der Waals surface area (Å²) in [5, 5.41) is 4.42. The van der Waals surface area contributed by atoms with Crippen molar-refractivity contribution in [2.24, 2.45) is 5.92 Å². The molecule has 5 aromatic rings. The van der Waals surface area contributed by atoms with Crippen LogP contribution in [0.5, 0.6) is 0 Å². The van der Waals surface area contributed by atoms with Crippen LogP contribution < -0.4 is 10.0 Å². The Labute approximate surface area is 245 Å². The normalized spacial score (nSPS) is 14.7. The number of nitrogens with one attached hydrogen (secondary N) is 2. The van der Waals surface area contributed by atoms with Gasteiger partial charge in [-0.25, -0.2) is 22.8 Å². The predicted molar refractivity (Wildman–Crippen MR) is 165 cm³/mol. The monoisotopic (exact) mass is 584 g/mol. The van der Waals surface area contributed by atoms with E-state index in [1.165, 1.54) is 42.2 Å². The zero-order valence-electron chi connectivity index (χ0n) is 23.6. The summed E-state index contributed by atoms with van der Waals surface area (Å²) in [6.45, 7) is 5.07. The minimum Gasteiger partial charge on any atom is -0.347 e. The van der Waals surface area contributed by atoms with Gasteiger partial charge in [0.2, 0.25) is 0 Å². The smallest absolute Gasteiger partial charge is 0.264 e. The zero-order valence-corrected chi connectivity index (χ0v) is 24.4. The second kappa shape index (κ2) is 11.5. The molecule has 1 aliphatic rings. The van der Waals surface area contributed by atoms with Crippen LogP contribution in [-0.2, 0) is 16.6 Å². The minimum absolute atomic E-state index is 0.319. The number of sulfonamides is 1. The molecule has 1 fully saturated rings. The molecule has 0 atom stereocenters. The van der Waals surface area contributed by atoms with Crippen LogP contribution in [0.4, 0.5) is 21.6 Å². The van der Waals surface area contributed by atoms with Crippen molar-refractivity contribution in [2.75, 3.05) is 30.2 Å². The summed E-state index contributed by atoms with van der Waals surface area (Å²) in [5.74, 6) is 0.525. The number of anilines is 3. The SMILES string of the molecule is Cc1ccc(S(=O)(=O)Nc2ccc(Nc3cc(-c4ccc5c(ccn5CC5CCN(C)CC5)c4)ncn3)cc2)c(F)c1. The Morgan fingerprint density at radius 2 is 1.69 bits per heavy atom. The fourth-order valence-corrected chi connectivity index (χ4v) is 6.55. The van der Waals surface area contributed by atoms with Gasteiger partial charge in [0.25, 0.3) is 10.0 Å². The molecule has 0 aliphatic carbocycles. The molecule has 1 saturated heterocycles. The maximum Gasteiger partial charge on any atom is 0.264 e.